The van der Waals surface area contributed by atoms with Crippen LogP contribution >= 0.6 is 0 Å². The molecule has 214 valence electrons. The maximum atomic E-state index is 4.69. The quantitative estimate of drug-likeness (QED) is 0.246. The van der Waals surface area contributed by atoms with Gasteiger partial charge in [-0.15, -0.1) is 0 Å². The highest BCUT2D eigenvalue weighted by Gasteiger charge is 2.27. The summed E-state index contributed by atoms with van der Waals surface area (Å²) in [6, 6.07) is 0. The van der Waals surface area contributed by atoms with Gasteiger partial charge in [0.05, 0.1) is 0 Å². The Labute approximate surface area is 252 Å². The van der Waals surface area contributed by atoms with Gasteiger partial charge >= 0.3 is 0 Å². The molecule has 0 radical (unpaired) electrons. The van der Waals surface area contributed by atoms with Gasteiger partial charge in [-0.25, -0.2) is 29.9 Å². The standard InChI is InChI=1S/C35H34N8/c1-19-30(26-8-36-16-37-9-26)21(3)34(22(4)31(19)27-10-38-17-39-11-27)35-23(5)32(28-12-40-18-41-13-28)20(2)33(24(35)6)29-14-42-25(7)43-15-29/h8-18,25,42H,1-7H3. The molecule has 8 heteroatoms. The van der Waals surface area contributed by atoms with Crippen molar-refractivity contribution in [2.45, 2.75) is 54.6 Å². The van der Waals surface area contributed by atoms with Crippen molar-refractivity contribution in [1.29, 1.82) is 0 Å². The number of aliphatic imine (C=N–C) groups is 1. The third-order valence-corrected chi connectivity index (χ3v) is 8.50. The van der Waals surface area contributed by atoms with E-state index in [1.807, 2.05) is 50.3 Å². The van der Waals surface area contributed by atoms with Crippen LogP contribution in [0.3, 0.4) is 0 Å². The minimum atomic E-state index is 0.0316. The number of benzene rings is 2. The van der Waals surface area contributed by atoms with Crippen molar-refractivity contribution in [2.75, 3.05) is 0 Å². The summed E-state index contributed by atoms with van der Waals surface area (Å²) in [7, 11) is 0. The Morgan fingerprint density at radius 1 is 0.465 bits per heavy atom. The van der Waals surface area contributed by atoms with Crippen LogP contribution < -0.4 is 5.32 Å². The largest absolute Gasteiger partial charge is 0.369 e. The molecule has 2 aromatic carbocycles. The molecule has 0 spiro atoms. The third-order valence-electron chi connectivity index (χ3n) is 8.50. The fraction of sp³-hybridized carbons (Fsp3) is 0.229. The maximum absolute atomic E-state index is 4.69. The SMILES string of the molecule is Cc1c(C2=CNC(C)N=C2)c(C)c(-c2c(C)c(-c3cncnc3)c(C)c(-c3cncnc3)c2C)c(C)c1-c1cncnc1. The molecule has 5 aromatic rings. The Bertz CT molecular complexity index is 1830. The molecule has 1 unspecified atom stereocenters. The molecular weight excluding hydrogens is 532 g/mol. The molecule has 6 rings (SSSR count). The fourth-order valence-electron chi connectivity index (χ4n) is 6.82. The third kappa shape index (κ3) is 4.78. The van der Waals surface area contributed by atoms with Crippen LogP contribution in [0.5, 0.6) is 0 Å². The predicted molar refractivity (Wildman–Crippen MR) is 172 cm³/mol. The van der Waals surface area contributed by atoms with E-state index in [4.69, 9.17) is 4.99 Å². The Morgan fingerprint density at radius 2 is 0.791 bits per heavy atom. The molecule has 1 atom stereocenters. The van der Waals surface area contributed by atoms with Crippen molar-refractivity contribution in [1.82, 2.24) is 35.2 Å². The lowest BCUT2D eigenvalue weighted by molar-refractivity contribution is 0.672. The number of nitrogens with one attached hydrogen (secondary N) is 1. The zero-order chi connectivity index (χ0) is 30.2. The van der Waals surface area contributed by atoms with Crippen molar-refractivity contribution >= 4 is 11.8 Å². The Morgan fingerprint density at radius 3 is 1.14 bits per heavy atom. The maximum Gasteiger partial charge on any atom is 0.115 e. The monoisotopic (exact) mass is 566 g/mol. The zero-order valence-electron chi connectivity index (χ0n) is 25.6. The van der Waals surface area contributed by atoms with Gasteiger partial charge in [0.25, 0.3) is 0 Å². The summed E-state index contributed by atoms with van der Waals surface area (Å²) in [6.07, 6.45) is 20.1. The average molecular weight is 567 g/mol. The van der Waals surface area contributed by atoms with Gasteiger partial charge in [-0.1, -0.05) is 0 Å². The highest BCUT2D eigenvalue weighted by Crippen LogP contribution is 2.48. The molecule has 0 saturated carbocycles. The second kappa shape index (κ2) is 11.3. The van der Waals surface area contributed by atoms with Gasteiger partial charge in [-0.2, -0.15) is 0 Å². The van der Waals surface area contributed by atoms with Crippen molar-refractivity contribution in [3.05, 3.63) is 101 Å². The predicted octanol–water partition coefficient (Wildman–Crippen LogP) is 6.94. The van der Waals surface area contributed by atoms with Gasteiger partial charge in [0.2, 0.25) is 0 Å². The summed E-state index contributed by atoms with van der Waals surface area (Å²) in [4.78, 5) is 31.0. The van der Waals surface area contributed by atoms with Gasteiger partial charge in [0.15, 0.2) is 0 Å². The highest BCUT2D eigenvalue weighted by atomic mass is 15.1. The molecule has 4 heterocycles. The van der Waals surface area contributed by atoms with Crippen LogP contribution in [0, 0.1) is 41.5 Å². The van der Waals surface area contributed by atoms with E-state index in [1.54, 1.807) is 19.0 Å². The van der Waals surface area contributed by atoms with Gasteiger partial charge in [-0.05, 0) is 115 Å². The first kappa shape index (κ1) is 28.0. The topological polar surface area (TPSA) is 102 Å². The van der Waals surface area contributed by atoms with Gasteiger partial charge in [0.1, 0.15) is 25.1 Å². The molecule has 0 bridgehead atoms. The van der Waals surface area contributed by atoms with E-state index >= 15 is 0 Å². The normalized spacial score (nSPS) is 14.4. The van der Waals surface area contributed by atoms with E-state index in [9.17, 15) is 0 Å². The molecule has 3 aromatic heterocycles. The first-order valence-corrected chi connectivity index (χ1v) is 14.3. The van der Waals surface area contributed by atoms with Crippen molar-refractivity contribution in [3.8, 4) is 44.5 Å². The molecule has 8 nitrogen and oxygen atoms in total. The second-order valence-electron chi connectivity index (χ2n) is 11.1. The van der Waals surface area contributed by atoms with E-state index < -0.39 is 0 Å². The van der Waals surface area contributed by atoms with Crippen LogP contribution in [0.1, 0.15) is 45.9 Å². The van der Waals surface area contributed by atoms with E-state index in [-0.39, 0.29) is 6.17 Å². The minimum absolute atomic E-state index is 0.0316. The molecule has 0 aliphatic carbocycles. The van der Waals surface area contributed by atoms with Gasteiger partial charge in [0, 0.05) is 71.9 Å². The van der Waals surface area contributed by atoms with Crippen molar-refractivity contribution in [3.63, 3.8) is 0 Å². The summed E-state index contributed by atoms with van der Waals surface area (Å²) in [5, 5.41) is 3.40. The van der Waals surface area contributed by atoms with Gasteiger partial charge < -0.3 is 5.32 Å². The van der Waals surface area contributed by atoms with Crippen molar-refractivity contribution < 1.29 is 0 Å². The molecule has 0 saturated heterocycles. The Hall–Kier alpha value is -5.11. The van der Waals surface area contributed by atoms with E-state index in [0.29, 0.717) is 0 Å². The summed E-state index contributed by atoms with van der Waals surface area (Å²) in [6.45, 7) is 15.2. The molecule has 1 aliphatic heterocycles. The summed E-state index contributed by atoms with van der Waals surface area (Å²) >= 11 is 0. The molecule has 1 aliphatic rings. The molecular formula is C35H34N8. The lowest BCUT2D eigenvalue weighted by Crippen LogP contribution is -2.22. The summed E-state index contributed by atoms with van der Waals surface area (Å²) in [5.41, 5.74) is 17.8. The Kier molecular flexibility index (Phi) is 7.36. The Balaban J connectivity index is 1.78. The first-order valence-electron chi connectivity index (χ1n) is 14.3. The number of nitrogens with zero attached hydrogens (tertiary/aromatic N) is 7. The minimum Gasteiger partial charge on any atom is -0.369 e. The van der Waals surface area contributed by atoms with Gasteiger partial charge in [-0.3, -0.25) is 4.99 Å². The molecule has 0 fully saturated rings. The van der Waals surface area contributed by atoms with Crippen LogP contribution in [0.4, 0.5) is 0 Å². The highest BCUT2D eigenvalue weighted by molar-refractivity contribution is 6.13. The number of hydrogen-bond acceptors (Lipinski definition) is 8. The molecule has 1 N–H and O–H groups in total. The van der Waals surface area contributed by atoms with E-state index in [2.05, 4.69) is 83.0 Å². The lowest BCUT2D eigenvalue weighted by atomic mass is 9.76. The zero-order valence-corrected chi connectivity index (χ0v) is 25.6. The second-order valence-corrected chi connectivity index (χ2v) is 11.1. The number of rotatable bonds is 5. The van der Waals surface area contributed by atoms with Crippen LogP contribution in [0.25, 0.3) is 50.1 Å². The molecule has 0 amide bonds. The number of aromatic nitrogens is 6. The van der Waals surface area contributed by atoms with E-state index in [1.165, 1.54) is 38.9 Å². The number of hydrogen-bond donors (Lipinski definition) is 1. The summed E-state index contributed by atoms with van der Waals surface area (Å²) < 4.78 is 0. The van der Waals surface area contributed by atoms with Crippen molar-refractivity contribution in [2.24, 2.45) is 4.99 Å². The van der Waals surface area contributed by atoms with Crippen LogP contribution in [-0.2, 0) is 0 Å². The van der Waals surface area contributed by atoms with Crippen LogP contribution in [-0.4, -0.2) is 42.3 Å². The van der Waals surface area contributed by atoms with Crippen LogP contribution in [0.15, 0.2) is 67.4 Å². The lowest BCUT2D eigenvalue weighted by Gasteiger charge is -2.28. The van der Waals surface area contributed by atoms with Crippen LogP contribution in [0.2, 0.25) is 0 Å². The average Bonchev–Trinajstić information content (AvgIpc) is 3.01. The van der Waals surface area contributed by atoms with E-state index in [0.717, 1.165) is 50.1 Å². The first-order chi connectivity index (χ1) is 20.8. The molecule has 43 heavy (non-hydrogen) atoms. The summed E-state index contributed by atoms with van der Waals surface area (Å²) in [5.74, 6) is 0. The fourth-order valence-corrected chi connectivity index (χ4v) is 6.82. The smallest absolute Gasteiger partial charge is 0.115 e. The number of allylic oxidation sites excluding steroid dienone is 1.